The fourth-order valence-corrected chi connectivity index (χ4v) is 4.43. The summed E-state index contributed by atoms with van der Waals surface area (Å²) in [7, 11) is 0. The van der Waals surface area contributed by atoms with E-state index in [-0.39, 0.29) is 23.7 Å². The van der Waals surface area contributed by atoms with E-state index < -0.39 is 11.8 Å². The van der Waals surface area contributed by atoms with Gasteiger partial charge in [-0.05, 0) is 50.5 Å². The predicted molar refractivity (Wildman–Crippen MR) is 109 cm³/mol. The Morgan fingerprint density at radius 3 is 2.87 bits per heavy atom. The normalized spacial score (nSPS) is 23.3. The van der Waals surface area contributed by atoms with Crippen LogP contribution >= 0.6 is 0 Å². The molecule has 2 aliphatic rings. The van der Waals surface area contributed by atoms with Crippen molar-refractivity contribution in [3.8, 4) is 0 Å². The van der Waals surface area contributed by atoms with Crippen molar-refractivity contribution in [1.82, 2.24) is 14.8 Å². The molecule has 2 fully saturated rings. The van der Waals surface area contributed by atoms with Crippen LogP contribution in [0.4, 0.5) is 4.39 Å². The molecular formula is C22H28FN3O4. The van der Waals surface area contributed by atoms with Gasteiger partial charge in [-0.15, -0.1) is 0 Å². The Hall–Kier alpha value is -2.45. The van der Waals surface area contributed by atoms with E-state index in [4.69, 9.17) is 9.47 Å². The molecule has 2 aliphatic heterocycles. The van der Waals surface area contributed by atoms with E-state index in [0.717, 1.165) is 22.9 Å². The summed E-state index contributed by atoms with van der Waals surface area (Å²) in [6, 6.07) is 4.09. The van der Waals surface area contributed by atoms with Crippen molar-refractivity contribution in [1.29, 1.82) is 0 Å². The fraction of sp³-hybridized carbons (Fsp3) is 0.545. The minimum atomic E-state index is -0.692. The highest BCUT2D eigenvalue weighted by Gasteiger charge is 2.39. The molecule has 0 bridgehead atoms. The minimum absolute atomic E-state index is 0.0958. The summed E-state index contributed by atoms with van der Waals surface area (Å²) in [5.74, 6) is -1.22. The third-order valence-corrected chi connectivity index (χ3v) is 5.84. The summed E-state index contributed by atoms with van der Waals surface area (Å²) in [4.78, 5) is 32.0. The largest absolute Gasteiger partial charge is 0.361 e. The molecule has 7 nitrogen and oxygen atoms in total. The number of nitrogens with one attached hydrogen (secondary N) is 1. The molecule has 8 heteroatoms. The first-order valence-corrected chi connectivity index (χ1v) is 10.4. The molecule has 2 atom stereocenters. The molecule has 4 rings (SSSR count). The number of likely N-dealkylation sites (tertiary alicyclic amines) is 1. The number of aromatic amines is 1. The smallest absolute Gasteiger partial charge is 0.245 e. The SMILES string of the molecule is CC(=O)N1CCCC1C(=O)N(Cc1c[nH]c2ccc(F)cc12)CC1COC(C)(C)O1. The van der Waals surface area contributed by atoms with Crippen LogP contribution in [0.25, 0.3) is 10.9 Å². The van der Waals surface area contributed by atoms with Gasteiger partial charge in [-0.2, -0.15) is 0 Å². The number of carbonyl (C=O) groups excluding carboxylic acids is 2. The van der Waals surface area contributed by atoms with Crippen LogP contribution in [0.3, 0.4) is 0 Å². The number of amides is 2. The monoisotopic (exact) mass is 417 g/mol. The van der Waals surface area contributed by atoms with Gasteiger partial charge in [-0.25, -0.2) is 4.39 Å². The van der Waals surface area contributed by atoms with E-state index in [1.165, 1.54) is 19.1 Å². The van der Waals surface area contributed by atoms with Crippen molar-refractivity contribution < 1.29 is 23.5 Å². The quantitative estimate of drug-likeness (QED) is 0.812. The first-order chi connectivity index (χ1) is 14.2. The number of fused-ring (bicyclic) bond motifs is 1. The lowest BCUT2D eigenvalue weighted by Gasteiger charge is -2.31. The number of H-pyrrole nitrogens is 1. The zero-order valence-electron chi connectivity index (χ0n) is 17.6. The summed E-state index contributed by atoms with van der Waals surface area (Å²) in [5.41, 5.74) is 1.63. The molecular weight excluding hydrogens is 389 g/mol. The van der Waals surface area contributed by atoms with Gasteiger partial charge < -0.3 is 24.3 Å². The third-order valence-electron chi connectivity index (χ3n) is 5.84. The lowest BCUT2D eigenvalue weighted by atomic mass is 10.1. The molecule has 3 heterocycles. The minimum Gasteiger partial charge on any atom is -0.361 e. The Kier molecular flexibility index (Phi) is 5.55. The first kappa shape index (κ1) is 20.8. The van der Waals surface area contributed by atoms with E-state index in [2.05, 4.69) is 4.98 Å². The number of aromatic nitrogens is 1. The lowest BCUT2D eigenvalue weighted by molar-refractivity contribution is -0.150. The van der Waals surface area contributed by atoms with E-state index >= 15 is 0 Å². The Bertz CT molecular complexity index is 957. The van der Waals surface area contributed by atoms with Gasteiger partial charge in [0.15, 0.2) is 5.79 Å². The molecule has 0 radical (unpaired) electrons. The van der Waals surface area contributed by atoms with Gasteiger partial charge in [-0.1, -0.05) is 0 Å². The van der Waals surface area contributed by atoms with Crippen LogP contribution < -0.4 is 0 Å². The number of hydrogen-bond acceptors (Lipinski definition) is 4. The van der Waals surface area contributed by atoms with Crippen molar-refractivity contribution in [3.63, 3.8) is 0 Å². The molecule has 2 amide bonds. The average Bonchev–Trinajstić information content (AvgIpc) is 3.39. The van der Waals surface area contributed by atoms with Crippen molar-refractivity contribution in [2.45, 2.75) is 58.1 Å². The van der Waals surface area contributed by atoms with E-state index in [1.807, 2.05) is 13.8 Å². The van der Waals surface area contributed by atoms with Gasteiger partial charge in [0.05, 0.1) is 6.61 Å². The van der Waals surface area contributed by atoms with Gasteiger partial charge in [0.1, 0.15) is 18.0 Å². The third kappa shape index (κ3) is 4.20. The van der Waals surface area contributed by atoms with Crippen LogP contribution in [0.15, 0.2) is 24.4 Å². The molecule has 0 saturated carbocycles. The molecule has 2 aromatic rings. The van der Waals surface area contributed by atoms with Crippen molar-refractivity contribution >= 4 is 22.7 Å². The summed E-state index contributed by atoms with van der Waals surface area (Å²) in [5, 5.41) is 0.742. The van der Waals surface area contributed by atoms with E-state index in [0.29, 0.717) is 32.7 Å². The Labute approximate surface area is 175 Å². The summed E-state index contributed by atoms with van der Waals surface area (Å²) in [6.07, 6.45) is 2.99. The maximum atomic E-state index is 13.8. The molecule has 1 aromatic heterocycles. The van der Waals surface area contributed by atoms with Crippen molar-refractivity contribution in [2.75, 3.05) is 19.7 Å². The van der Waals surface area contributed by atoms with Crippen LogP contribution in [0.5, 0.6) is 0 Å². The van der Waals surface area contributed by atoms with Crippen LogP contribution in [0, 0.1) is 5.82 Å². The molecule has 1 aromatic carbocycles. The molecule has 30 heavy (non-hydrogen) atoms. The molecule has 2 saturated heterocycles. The Morgan fingerprint density at radius 2 is 2.17 bits per heavy atom. The predicted octanol–water partition coefficient (Wildman–Crippen LogP) is 2.80. The average molecular weight is 417 g/mol. The zero-order valence-corrected chi connectivity index (χ0v) is 17.6. The number of carbonyl (C=O) groups is 2. The van der Waals surface area contributed by atoms with Crippen molar-refractivity contribution in [2.24, 2.45) is 0 Å². The topological polar surface area (TPSA) is 74.9 Å². The lowest BCUT2D eigenvalue weighted by Crippen LogP contribution is -2.49. The number of benzene rings is 1. The summed E-state index contributed by atoms with van der Waals surface area (Å²) in [6.45, 7) is 6.80. The fourth-order valence-electron chi connectivity index (χ4n) is 4.43. The summed E-state index contributed by atoms with van der Waals surface area (Å²) >= 11 is 0. The van der Waals surface area contributed by atoms with E-state index in [9.17, 15) is 14.0 Å². The number of hydrogen-bond donors (Lipinski definition) is 1. The second-order valence-corrected chi connectivity index (χ2v) is 8.54. The Balaban J connectivity index is 1.60. The van der Waals surface area contributed by atoms with Gasteiger partial charge in [-0.3, -0.25) is 9.59 Å². The van der Waals surface area contributed by atoms with Crippen LogP contribution in [-0.4, -0.2) is 64.2 Å². The number of nitrogens with zero attached hydrogens (tertiary/aromatic N) is 2. The maximum Gasteiger partial charge on any atom is 0.245 e. The maximum absolute atomic E-state index is 13.8. The molecule has 0 aliphatic carbocycles. The second-order valence-electron chi connectivity index (χ2n) is 8.54. The van der Waals surface area contributed by atoms with Gasteiger partial charge in [0.25, 0.3) is 0 Å². The summed E-state index contributed by atoms with van der Waals surface area (Å²) < 4.78 is 25.4. The molecule has 0 spiro atoms. The molecule has 2 unspecified atom stereocenters. The van der Waals surface area contributed by atoms with Gasteiger partial charge in [0.2, 0.25) is 11.8 Å². The number of rotatable bonds is 5. The highest BCUT2D eigenvalue weighted by atomic mass is 19.1. The second kappa shape index (κ2) is 8.00. The molecule has 1 N–H and O–H groups in total. The van der Waals surface area contributed by atoms with Crippen molar-refractivity contribution in [3.05, 3.63) is 35.8 Å². The van der Waals surface area contributed by atoms with E-state index in [1.54, 1.807) is 22.1 Å². The van der Waals surface area contributed by atoms with Gasteiger partial charge in [0, 0.05) is 43.7 Å². The standard InChI is InChI=1S/C22H28FN3O4/c1-14(27)26-8-4-5-20(26)21(28)25(12-17-13-29-22(2,3)30-17)11-15-10-24-19-7-6-16(23)9-18(15)19/h6-7,9-10,17,20,24H,4-5,8,11-13H2,1-3H3. The number of halogens is 1. The molecule has 162 valence electrons. The zero-order chi connectivity index (χ0) is 21.5. The highest BCUT2D eigenvalue weighted by Crippen LogP contribution is 2.27. The van der Waals surface area contributed by atoms with Crippen LogP contribution in [-0.2, 0) is 25.6 Å². The number of ether oxygens (including phenoxy) is 2. The first-order valence-electron chi connectivity index (χ1n) is 10.4. The Morgan fingerprint density at radius 1 is 1.37 bits per heavy atom. The van der Waals surface area contributed by atoms with Gasteiger partial charge >= 0.3 is 0 Å². The highest BCUT2D eigenvalue weighted by molar-refractivity contribution is 5.88. The van der Waals surface area contributed by atoms with Crippen LogP contribution in [0.1, 0.15) is 39.2 Å². The van der Waals surface area contributed by atoms with Crippen LogP contribution in [0.2, 0.25) is 0 Å².